The van der Waals surface area contributed by atoms with E-state index in [4.69, 9.17) is 0 Å². The summed E-state index contributed by atoms with van der Waals surface area (Å²) in [5, 5.41) is 0.00993. The Morgan fingerprint density at radius 3 is 0.719 bits per heavy atom. The Hall–Kier alpha value is -9.00. The SMILES string of the molecule is Cc1c2c(=O)c3c(F)c(F)sc3c2c(C)c2c(=O)c3c(F)c(F)sc3c12.Cc1c2c(=O)c3cc(F)sc3c2c(C)c2c(=O)c3cc(F)sc3c12.O=c1c2cc3c(cc2c2sc(F)c(F)c12)c(=O)c1c(F)c(F)sc13.O=c1c2cc3c(cc2c2sc(F)cc12)c(=O)c1cc(F)sc13. The van der Waals surface area contributed by atoms with Crippen LogP contribution in [0.1, 0.15) is 22.3 Å². The van der Waals surface area contributed by atoms with Crippen LogP contribution in [0.25, 0.3) is 167 Å². The molecule has 0 saturated carbocycles. The first kappa shape index (κ1) is 60.7. The van der Waals surface area contributed by atoms with E-state index in [1.165, 1.54) is 36.4 Å². The standard InChI is InChI=1S/C18H6F4O2S2.C18H8F2O2S2.C16H2F4O2S2.C16H4F2O2S2/c1-3-5-8(16-9(13(5)23)11(19)18(22)26-16)4(2)6-7(3)15-10(14(6)24)12(20)17(21)25-15;1-5-11-14(18-7(15(11)21)3-10(20)24-18)6(2)12-13(5)17-8(16(12)22)4-9(19)23-17;17-9-7-11(21)3-1-5-4(2-6(3)14(7)24-16(9)20)12(22)8-10(18)15(19)23-13(5)8;17-11-4-10-14(20)6-2-8-5(1-7(6)15(10)21-11)13(19)9-3-12(18)22-16(8)9/h1-2H3;3-4H,1-2H3;1-2H;1-4H. The van der Waals surface area contributed by atoms with Crippen molar-refractivity contribution in [3.8, 4) is 0 Å². The molecule has 28 heteroatoms. The van der Waals surface area contributed by atoms with E-state index in [0.29, 0.717) is 162 Å². The maximum Gasteiger partial charge on any atom is 0.213 e. The molecule has 0 N–H and O–H groups in total. The summed E-state index contributed by atoms with van der Waals surface area (Å²) in [6, 6.07) is 10.9. The Morgan fingerprint density at radius 2 is 0.406 bits per heavy atom. The zero-order chi connectivity index (χ0) is 67.6. The maximum absolute atomic E-state index is 14.1. The van der Waals surface area contributed by atoms with Gasteiger partial charge in [-0.2, -0.15) is 35.1 Å². The van der Waals surface area contributed by atoms with Gasteiger partial charge in [0.15, 0.2) is 87.2 Å². The third kappa shape index (κ3) is 7.70. The van der Waals surface area contributed by atoms with Crippen LogP contribution in [0.3, 0.4) is 0 Å². The third-order valence-corrected chi connectivity index (χ3v) is 25.7. The van der Waals surface area contributed by atoms with Crippen LogP contribution in [0.4, 0.5) is 52.7 Å². The van der Waals surface area contributed by atoms with Crippen molar-refractivity contribution >= 4 is 258 Å². The first-order valence-electron chi connectivity index (χ1n) is 27.8. The van der Waals surface area contributed by atoms with Crippen LogP contribution >= 0.6 is 90.7 Å². The molecule has 8 heterocycles. The predicted molar refractivity (Wildman–Crippen MR) is 367 cm³/mol. The maximum atomic E-state index is 14.1. The smallest absolute Gasteiger partial charge is 0.213 e. The molecular weight excluding hydrogens is 1430 g/mol. The molecule has 96 heavy (non-hydrogen) atoms. The highest BCUT2D eigenvalue weighted by Crippen LogP contribution is 2.47. The van der Waals surface area contributed by atoms with Gasteiger partial charge in [0.05, 0.1) is 40.3 Å². The average molecular weight is 1450 g/mol. The van der Waals surface area contributed by atoms with Crippen molar-refractivity contribution < 1.29 is 52.7 Å². The molecule has 20 aromatic rings. The summed E-state index contributed by atoms with van der Waals surface area (Å²) in [7, 11) is 0. The predicted octanol–water partition coefficient (Wildman–Crippen LogP) is 19.0. The molecule has 0 atom stereocenters. The highest BCUT2D eigenvalue weighted by atomic mass is 32.1. The van der Waals surface area contributed by atoms with Crippen molar-refractivity contribution in [1.82, 2.24) is 0 Å². The third-order valence-electron chi connectivity index (χ3n) is 18.0. The van der Waals surface area contributed by atoms with Crippen molar-refractivity contribution in [2.45, 2.75) is 27.7 Å². The Bertz CT molecular complexity index is 7060. The second kappa shape index (κ2) is 20.3. The topological polar surface area (TPSA) is 137 Å². The summed E-state index contributed by atoms with van der Waals surface area (Å²) in [5.41, 5.74) is -1.62. The fourth-order valence-corrected chi connectivity index (χ4v) is 21.7. The second-order valence-corrected chi connectivity index (χ2v) is 30.7. The van der Waals surface area contributed by atoms with E-state index in [9.17, 15) is 91.0 Å². The van der Waals surface area contributed by atoms with Gasteiger partial charge in [-0.25, -0.2) is 17.6 Å². The molecule has 0 aliphatic heterocycles. The van der Waals surface area contributed by atoms with E-state index >= 15 is 0 Å². The summed E-state index contributed by atoms with van der Waals surface area (Å²) < 4.78 is 167. The molecule has 8 nitrogen and oxygen atoms in total. The Kier molecular flexibility index (Phi) is 12.8. The number of benzene rings is 4. The Labute approximate surface area is 550 Å². The summed E-state index contributed by atoms with van der Waals surface area (Å²) in [6.07, 6.45) is 0. The number of fused-ring (bicyclic) bond motifs is 24. The van der Waals surface area contributed by atoms with Gasteiger partial charge in [-0.3, -0.25) is 38.4 Å². The average Bonchev–Trinajstić information content (AvgIpc) is 1.55. The molecule has 12 aromatic carbocycles. The number of aryl methyl sites for hydroxylation is 4. The van der Waals surface area contributed by atoms with Crippen LogP contribution in [-0.2, 0) is 0 Å². The van der Waals surface area contributed by atoms with E-state index in [1.54, 1.807) is 39.8 Å². The minimum absolute atomic E-state index is 0.101. The molecule has 0 unspecified atom stereocenters. The van der Waals surface area contributed by atoms with Gasteiger partial charge in [-0.1, -0.05) is 0 Å². The molecule has 20 rings (SSSR count). The van der Waals surface area contributed by atoms with Crippen LogP contribution in [0, 0.1) is 92.0 Å². The van der Waals surface area contributed by atoms with Gasteiger partial charge in [0.1, 0.15) is 0 Å². The van der Waals surface area contributed by atoms with E-state index in [1.807, 2.05) is 0 Å². The monoisotopic (exact) mass is 1450 g/mol. The first-order chi connectivity index (χ1) is 45.6. The zero-order valence-corrected chi connectivity index (χ0v) is 54.2. The van der Waals surface area contributed by atoms with Crippen LogP contribution in [0.2, 0.25) is 0 Å². The fourth-order valence-electron chi connectivity index (χ4n) is 14.0. The van der Waals surface area contributed by atoms with Gasteiger partial charge in [0.25, 0.3) is 0 Å². The zero-order valence-electron chi connectivity index (χ0n) is 47.7. The van der Waals surface area contributed by atoms with Crippen molar-refractivity contribution in [2.24, 2.45) is 0 Å². The quantitative estimate of drug-likeness (QED) is 0.137. The molecule has 0 aliphatic carbocycles. The second-order valence-electron chi connectivity index (χ2n) is 22.8. The van der Waals surface area contributed by atoms with Crippen LogP contribution in [0.5, 0.6) is 0 Å². The summed E-state index contributed by atoms with van der Waals surface area (Å²) in [6.45, 7) is 6.67. The summed E-state index contributed by atoms with van der Waals surface area (Å²) in [5.74, 6) is -4.83. The number of hydrogen-bond acceptors (Lipinski definition) is 16. The van der Waals surface area contributed by atoms with E-state index < -0.39 is 86.0 Å². The van der Waals surface area contributed by atoms with Crippen molar-refractivity contribution in [2.75, 3.05) is 0 Å². The number of hydrogen-bond donors (Lipinski definition) is 0. The van der Waals surface area contributed by atoms with E-state index in [2.05, 4.69) is 0 Å². The van der Waals surface area contributed by atoms with Crippen molar-refractivity contribution in [1.29, 1.82) is 0 Å². The molecular formula is C68H20F12O8S8. The molecule has 0 saturated heterocycles. The number of thiophene rings is 8. The van der Waals surface area contributed by atoms with Gasteiger partial charge < -0.3 is 0 Å². The van der Waals surface area contributed by atoms with Gasteiger partial charge >= 0.3 is 0 Å². The molecule has 0 amide bonds. The summed E-state index contributed by atoms with van der Waals surface area (Å²) >= 11 is 5.63. The normalized spacial score (nSPS) is 12.5. The Morgan fingerprint density at radius 1 is 0.198 bits per heavy atom. The lowest BCUT2D eigenvalue weighted by atomic mass is 9.99. The molecule has 8 aromatic heterocycles. The minimum Gasteiger partial charge on any atom is -0.289 e. The van der Waals surface area contributed by atoms with E-state index in [-0.39, 0.29) is 94.4 Å². The number of rotatable bonds is 0. The minimum atomic E-state index is -1.21. The lowest BCUT2D eigenvalue weighted by molar-refractivity contribution is 0.537. The lowest BCUT2D eigenvalue weighted by Gasteiger charge is -2.05. The van der Waals surface area contributed by atoms with Crippen LogP contribution in [-0.4, -0.2) is 0 Å². The summed E-state index contributed by atoms with van der Waals surface area (Å²) in [4.78, 5) is 100. The first-order valence-corrected chi connectivity index (χ1v) is 34.3. The Balaban J connectivity index is 0.0000000969. The van der Waals surface area contributed by atoms with Gasteiger partial charge in [-0.05, 0) is 98.5 Å². The molecule has 0 fully saturated rings. The molecule has 0 spiro atoms. The molecule has 472 valence electrons. The lowest BCUT2D eigenvalue weighted by Crippen LogP contribution is -2.02. The van der Waals surface area contributed by atoms with Gasteiger partial charge in [0, 0.05) is 127 Å². The molecule has 0 bridgehead atoms. The number of halogens is 12. The van der Waals surface area contributed by atoms with E-state index in [0.717, 1.165) is 45.3 Å². The van der Waals surface area contributed by atoms with Crippen molar-refractivity contribution in [3.63, 3.8) is 0 Å². The van der Waals surface area contributed by atoms with Crippen LogP contribution in [0.15, 0.2) is 86.9 Å². The fraction of sp³-hybridized carbons (Fsp3) is 0.0588. The molecule has 0 aliphatic rings. The largest absolute Gasteiger partial charge is 0.289 e. The van der Waals surface area contributed by atoms with Gasteiger partial charge in [-0.15, -0.1) is 90.7 Å². The van der Waals surface area contributed by atoms with Crippen LogP contribution < -0.4 is 43.4 Å². The van der Waals surface area contributed by atoms with Crippen molar-refractivity contribution in [3.05, 3.63) is 217 Å². The van der Waals surface area contributed by atoms with Gasteiger partial charge in [0.2, 0.25) is 20.5 Å². The highest BCUT2D eigenvalue weighted by Gasteiger charge is 2.32. The highest BCUT2D eigenvalue weighted by molar-refractivity contribution is 7.21. The molecule has 0 radical (unpaired) electrons.